The van der Waals surface area contributed by atoms with E-state index in [4.69, 9.17) is 50.9 Å². The lowest BCUT2D eigenvalue weighted by Gasteiger charge is -2.17. The van der Waals surface area contributed by atoms with E-state index >= 15 is 0 Å². The van der Waals surface area contributed by atoms with Crippen molar-refractivity contribution >= 4 is 115 Å². The van der Waals surface area contributed by atoms with Gasteiger partial charge in [-0.1, -0.05) is 32.4 Å². The van der Waals surface area contributed by atoms with Gasteiger partial charge in [0.15, 0.2) is 0 Å². The fraction of sp³-hybridized carbons (Fsp3) is 0.800. The van der Waals surface area contributed by atoms with Crippen LogP contribution in [0.1, 0.15) is 41.5 Å². The summed E-state index contributed by atoms with van der Waals surface area (Å²) in [5, 5.41) is 0.349. The molecule has 0 saturated heterocycles. The third kappa shape index (κ3) is 19.5. The Balaban J connectivity index is 4.36. The summed E-state index contributed by atoms with van der Waals surface area (Å²) in [5.41, 5.74) is 0. The fourth-order valence-corrected chi connectivity index (χ4v) is 10.2. The second-order valence-electron chi connectivity index (χ2n) is 5.79. The van der Waals surface area contributed by atoms with E-state index in [2.05, 4.69) is 0 Å². The van der Waals surface area contributed by atoms with Crippen LogP contribution in [0.3, 0.4) is 0 Å². The number of ether oxygens (including phenoxy) is 3. The minimum absolute atomic E-state index is 0.0926. The summed E-state index contributed by atoms with van der Waals surface area (Å²) < 4.78 is 18.2. The van der Waals surface area contributed by atoms with Crippen molar-refractivity contribution in [1.82, 2.24) is 0 Å². The standard InChI is InChI=1S/C15H26O3S9/c1-9(2)16-13(19)25-22-7-12(24-27-15(21)18-11(5)6)8-23-26-14(20)17-10(3)4/h9-12H,7-8H2,1-6H3. The third-order valence-electron chi connectivity index (χ3n) is 2.01. The van der Waals surface area contributed by atoms with Crippen molar-refractivity contribution in [2.75, 3.05) is 11.5 Å². The van der Waals surface area contributed by atoms with Crippen molar-refractivity contribution < 1.29 is 14.2 Å². The van der Waals surface area contributed by atoms with Gasteiger partial charge in [0.2, 0.25) is 13.1 Å². The first-order chi connectivity index (χ1) is 12.6. The lowest BCUT2D eigenvalue weighted by atomic mass is 10.5. The van der Waals surface area contributed by atoms with Crippen molar-refractivity contribution in [3.63, 3.8) is 0 Å². The van der Waals surface area contributed by atoms with Crippen LogP contribution in [0.5, 0.6) is 0 Å². The molecular weight excluding hydrogens is 517 g/mol. The van der Waals surface area contributed by atoms with E-state index in [1.54, 1.807) is 32.4 Å². The molecule has 3 nitrogen and oxygen atoms in total. The molecule has 0 aromatic heterocycles. The van der Waals surface area contributed by atoms with Crippen LogP contribution in [0.4, 0.5) is 0 Å². The average Bonchev–Trinajstić information content (AvgIpc) is 2.49. The third-order valence-corrected chi connectivity index (χ3v) is 11.1. The van der Waals surface area contributed by atoms with Gasteiger partial charge in [-0.05, 0) is 111 Å². The molecule has 0 unspecified atom stereocenters. The molecule has 0 amide bonds. The van der Waals surface area contributed by atoms with Crippen LogP contribution in [0.2, 0.25) is 0 Å². The quantitative estimate of drug-likeness (QED) is 0.190. The Morgan fingerprint density at radius 1 is 0.630 bits per heavy atom. The summed E-state index contributed by atoms with van der Waals surface area (Å²) in [6.45, 7) is 11.8. The zero-order valence-electron chi connectivity index (χ0n) is 16.1. The van der Waals surface area contributed by atoms with Crippen molar-refractivity contribution in [1.29, 1.82) is 0 Å². The largest absolute Gasteiger partial charge is 0.475 e. The van der Waals surface area contributed by atoms with Gasteiger partial charge in [-0.25, -0.2) is 0 Å². The Labute approximate surface area is 203 Å². The predicted octanol–water partition coefficient (Wildman–Crippen LogP) is 7.63. The summed E-state index contributed by atoms with van der Waals surface area (Å²) in [4.78, 5) is 0. The van der Waals surface area contributed by atoms with E-state index in [1.165, 1.54) is 32.4 Å². The van der Waals surface area contributed by atoms with Crippen LogP contribution in [-0.4, -0.2) is 48.2 Å². The molecule has 0 aliphatic rings. The van der Waals surface area contributed by atoms with Crippen molar-refractivity contribution in [3.8, 4) is 0 Å². The van der Waals surface area contributed by atoms with Gasteiger partial charge in [-0.15, -0.1) is 0 Å². The maximum absolute atomic E-state index is 5.54. The van der Waals surface area contributed by atoms with E-state index in [0.29, 0.717) is 18.4 Å². The number of hydrogen-bond acceptors (Lipinski definition) is 12. The highest BCUT2D eigenvalue weighted by Crippen LogP contribution is 2.38. The van der Waals surface area contributed by atoms with E-state index in [0.717, 1.165) is 11.5 Å². The molecule has 12 heteroatoms. The minimum atomic E-state index is 0.0926. The fourth-order valence-electron chi connectivity index (χ4n) is 1.16. The number of thiocarbonyl (C=S) groups is 3. The summed E-state index contributed by atoms with van der Waals surface area (Å²) in [5.74, 6) is 1.80. The maximum atomic E-state index is 5.54. The summed E-state index contributed by atoms with van der Waals surface area (Å²) in [6, 6.07) is 0. The summed E-state index contributed by atoms with van der Waals surface area (Å²) >= 11 is 15.7. The van der Waals surface area contributed by atoms with Crippen LogP contribution in [0.25, 0.3) is 0 Å². The average molecular weight is 543 g/mol. The zero-order valence-corrected chi connectivity index (χ0v) is 23.5. The molecule has 0 heterocycles. The molecule has 0 N–H and O–H groups in total. The van der Waals surface area contributed by atoms with Crippen LogP contribution in [-0.2, 0) is 14.2 Å². The highest BCUT2D eigenvalue weighted by Gasteiger charge is 2.16. The molecule has 27 heavy (non-hydrogen) atoms. The molecule has 0 atom stereocenters. The molecule has 0 aliphatic carbocycles. The number of hydrogen-bond donors (Lipinski definition) is 0. The van der Waals surface area contributed by atoms with Gasteiger partial charge >= 0.3 is 0 Å². The Morgan fingerprint density at radius 2 is 0.963 bits per heavy atom. The molecule has 0 radical (unpaired) electrons. The monoisotopic (exact) mass is 542 g/mol. The van der Waals surface area contributed by atoms with Crippen LogP contribution < -0.4 is 0 Å². The summed E-state index contributed by atoms with van der Waals surface area (Å²) in [7, 11) is 9.60. The zero-order chi connectivity index (χ0) is 20.8. The molecule has 0 spiro atoms. The minimum Gasteiger partial charge on any atom is -0.475 e. The molecule has 0 aromatic rings. The highest BCUT2D eigenvalue weighted by atomic mass is 33.1. The van der Waals surface area contributed by atoms with Crippen molar-refractivity contribution in [2.45, 2.75) is 65.1 Å². The molecule has 0 bridgehead atoms. The van der Waals surface area contributed by atoms with E-state index in [-0.39, 0.29) is 18.3 Å². The summed E-state index contributed by atoms with van der Waals surface area (Å²) in [6.07, 6.45) is 0.298. The first kappa shape index (κ1) is 28.8. The van der Waals surface area contributed by atoms with Crippen LogP contribution in [0.15, 0.2) is 0 Å². The lowest BCUT2D eigenvalue weighted by Crippen LogP contribution is -2.11. The molecule has 0 aromatic carbocycles. The maximum Gasteiger partial charge on any atom is 0.231 e. The molecule has 0 rings (SSSR count). The van der Waals surface area contributed by atoms with Crippen LogP contribution in [0, 0.1) is 0 Å². The Bertz CT molecular complexity index is 430. The Kier molecular flexibility index (Phi) is 18.6. The second-order valence-corrected chi connectivity index (χ2v) is 14.8. The first-order valence-corrected chi connectivity index (χ1v) is 16.2. The second kappa shape index (κ2) is 17.5. The van der Waals surface area contributed by atoms with Crippen LogP contribution >= 0.6 is 101 Å². The van der Waals surface area contributed by atoms with Gasteiger partial charge in [0, 0.05) is 16.8 Å². The SMILES string of the molecule is CC(C)OC(=S)SSCC(CSSC(=S)OC(C)C)SSC(=S)OC(C)C. The predicted molar refractivity (Wildman–Crippen MR) is 146 cm³/mol. The molecule has 0 fully saturated rings. The smallest absolute Gasteiger partial charge is 0.231 e. The normalized spacial score (nSPS) is 11.3. The molecule has 158 valence electrons. The van der Waals surface area contributed by atoms with Gasteiger partial charge in [-0.3, -0.25) is 0 Å². The van der Waals surface area contributed by atoms with E-state index in [1.807, 2.05) is 41.5 Å². The van der Waals surface area contributed by atoms with Gasteiger partial charge in [0.1, 0.15) is 0 Å². The van der Waals surface area contributed by atoms with Gasteiger partial charge in [-0.2, -0.15) is 0 Å². The van der Waals surface area contributed by atoms with Crippen molar-refractivity contribution in [3.05, 3.63) is 0 Å². The van der Waals surface area contributed by atoms with Crippen molar-refractivity contribution in [2.24, 2.45) is 0 Å². The topological polar surface area (TPSA) is 27.7 Å². The number of rotatable bonds is 11. The molecular formula is C15H26O3S9. The van der Waals surface area contributed by atoms with Gasteiger partial charge in [0.05, 0.1) is 18.3 Å². The lowest BCUT2D eigenvalue weighted by molar-refractivity contribution is 0.243. The molecule has 0 saturated carbocycles. The molecule has 0 aliphatic heterocycles. The first-order valence-electron chi connectivity index (χ1n) is 8.14. The Morgan fingerprint density at radius 3 is 1.30 bits per heavy atom. The van der Waals surface area contributed by atoms with Gasteiger partial charge in [0.25, 0.3) is 0 Å². The van der Waals surface area contributed by atoms with E-state index in [9.17, 15) is 0 Å². The van der Waals surface area contributed by atoms with E-state index < -0.39 is 0 Å². The highest BCUT2D eigenvalue weighted by molar-refractivity contribution is 8.86. The Hall–Kier alpha value is 1.77. The van der Waals surface area contributed by atoms with Gasteiger partial charge < -0.3 is 14.2 Å².